The molecule has 3 heterocycles. The minimum atomic E-state index is -2.93. The van der Waals surface area contributed by atoms with Crippen molar-refractivity contribution in [2.75, 3.05) is 38.6 Å². The summed E-state index contributed by atoms with van der Waals surface area (Å²) in [5, 5.41) is 13.7. The van der Waals surface area contributed by atoms with Gasteiger partial charge in [0.1, 0.15) is 11.9 Å². The lowest BCUT2D eigenvalue weighted by Crippen LogP contribution is -2.41. The molecule has 1 aliphatic carbocycles. The number of rotatable bonds is 13. The van der Waals surface area contributed by atoms with Crippen LogP contribution in [-0.4, -0.2) is 71.1 Å². The lowest BCUT2D eigenvalue weighted by atomic mass is 9.95. The van der Waals surface area contributed by atoms with Crippen LogP contribution < -0.4 is 10.1 Å². The molecule has 2 aliphatic heterocycles. The quantitative estimate of drug-likeness (QED) is 0.230. The first-order chi connectivity index (χ1) is 21.6. The minimum Gasteiger partial charge on any atom is -0.493 e. The smallest absolute Gasteiger partial charge is 0.325 e. The molecule has 1 saturated heterocycles. The summed E-state index contributed by atoms with van der Waals surface area (Å²) in [6, 6.07) is 6.09. The minimum absolute atomic E-state index is 0.00641. The molecule has 45 heavy (non-hydrogen) atoms. The van der Waals surface area contributed by atoms with Crippen LogP contribution in [0, 0.1) is 5.82 Å². The predicted molar refractivity (Wildman–Crippen MR) is 169 cm³/mol. The van der Waals surface area contributed by atoms with Crippen LogP contribution in [0.2, 0.25) is 0 Å². The molecular formula is C35H45F3N4O3. The number of carbonyl (C=O) groups is 1. The number of unbranched alkanes of at least 4 members (excludes halogenated alkanes) is 2. The Bertz CT molecular complexity index is 1430. The van der Waals surface area contributed by atoms with Crippen molar-refractivity contribution < 1.29 is 27.8 Å². The molecule has 244 valence electrons. The number of allylic oxidation sites excluding steroid dienone is 4. The zero-order valence-electron chi connectivity index (χ0n) is 26.5. The van der Waals surface area contributed by atoms with E-state index < -0.39 is 23.8 Å². The SMILES string of the molecule is COc1c(F)cc(C(C)C)cc1[C@H](C(=O)O)N1CC[C@@H](N(CCCCCc2ccc3c(n2)NCCC3)C2=CC=CC(F)(F)C2)C1. The van der Waals surface area contributed by atoms with E-state index in [1.165, 1.54) is 24.8 Å². The van der Waals surface area contributed by atoms with Crippen LogP contribution in [-0.2, 0) is 17.6 Å². The van der Waals surface area contributed by atoms with Gasteiger partial charge in [0.05, 0.1) is 13.5 Å². The molecule has 0 unspecified atom stereocenters. The lowest BCUT2D eigenvalue weighted by Gasteiger charge is -2.36. The van der Waals surface area contributed by atoms with Gasteiger partial charge in [-0.25, -0.2) is 18.2 Å². The molecule has 3 aliphatic rings. The van der Waals surface area contributed by atoms with Crippen LogP contribution in [0.15, 0.2) is 48.2 Å². The first-order valence-corrected chi connectivity index (χ1v) is 16.2. The Balaban J connectivity index is 1.28. The first-order valence-electron chi connectivity index (χ1n) is 16.2. The first kappa shape index (κ1) is 32.9. The van der Waals surface area contributed by atoms with Gasteiger partial charge in [-0.1, -0.05) is 32.4 Å². The van der Waals surface area contributed by atoms with Gasteiger partial charge in [0, 0.05) is 49.2 Å². The lowest BCUT2D eigenvalue weighted by molar-refractivity contribution is -0.143. The van der Waals surface area contributed by atoms with E-state index in [0.29, 0.717) is 37.3 Å². The standard InChI is InChI=1S/C35H45F3N4O3/c1-23(2)25-19-29(32(45-3)30(36)20-25)31(34(43)44)41-18-14-28(22-41)42(27-11-7-15-35(37,38)21-27)17-6-4-5-10-26-13-12-24-9-8-16-39-33(24)40-26/h7,11-13,15,19-20,23,28,31H,4-6,8-10,14,16-18,21-22H2,1-3H3,(H,39,40)(H,43,44)/t28-,31-/m1/s1. The van der Waals surface area contributed by atoms with Crippen LogP contribution >= 0.6 is 0 Å². The molecule has 2 aromatic rings. The number of halogens is 3. The monoisotopic (exact) mass is 626 g/mol. The van der Waals surface area contributed by atoms with Crippen molar-refractivity contribution >= 4 is 11.8 Å². The number of aryl methyl sites for hydroxylation is 2. The number of carboxylic acid groups (broad SMARTS) is 1. The average Bonchev–Trinajstić information content (AvgIpc) is 3.47. The number of nitrogens with zero attached hydrogens (tertiary/aromatic N) is 3. The van der Waals surface area contributed by atoms with Crippen molar-refractivity contribution in [1.82, 2.24) is 14.8 Å². The van der Waals surface area contributed by atoms with E-state index in [9.17, 15) is 18.7 Å². The number of fused-ring (bicyclic) bond motifs is 1. The summed E-state index contributed by atoms with van der Waals surface area (Å²) in [5.74, 6) is -3.71. The third-order valence-electron chi connectivity index (χ3n) is 9.19. The topological polar surface area (TPSA) is 77.9 Å². The van der Waals surface area contributed by atoms with E-state index >= 15 is 4.39 Å². The Morgan fingerprint density at radius 2 is 2.07 bits per heavy atom. The van der Waals surface area contributed by atoms with E-state index in [1.807, 2.05) is 18.7 Å². The Morgan fingerprint density at radius 1 is 1.24 bits per heavy atom. The second-order valence-electron chi connectivity index (χ2n) is 12.8. The summed E-state index contributed by atoms with van der Waals surface area (Å²) in [5.41, 5.74) is 3.85. The summed E-state index contributed by atoms with van der Waals surface area (Å²) < 4.78 is 49.4. The molecule has 2 atom stereocenters. The Hall–Kier alpha value is -3.53. The number of benzene rings is 1. The van der Waals surface area contributed by atoms with Crippen molar-refractivity contribution in [3.05, 3.63) is 76.4 Å². The molecule has 0 bridgehead atoms. The summed E-state index contributed by atoms with van der Waals surface area (Å²) in [6.45, 7) is 6.18. The van der Waals surface area contributed by atoms with E-state index in [1.54, 1.807) is 12.1 Å². The normalized spacial score (nSPS) is 20.0. The van der Waals surface area contributed by atoms with E-state index in [-0.39, 0.29) is 29.7 Å². The third kappa shape index (κ3) is 7.83. The maximum atomic E-state index is 15.1. The molecule has 10 heteroatoms. The van der Waals surface area contributed by atoms with E-state index in [4.69, 9.17) is 9.72 Å². The van der Waals surface area contributed by atoms with Gasteiger partial charge < -0.3 is 20.1 Å². The predicted octanol–water partition coefficient (Wildman–Crippen LogP) is 7.10. The molecule has 1 aromatic heterocycles. The van der Waals surface area contributed by atoms with Crippen molar-refractivity contribution in [1.29, 1.82) is 0 Å². The van der Waals surface area contributed by atoms with Gasteiger partial charge in [0.15, 0.2) is 11.6 Å². The Kier molecular flexibility index (Phi) is 10.4. The van der Waals surface area contributed by atoms with Crippen molar-refractivity contribution in [3.8, 4) is 5.75 Å². The molecule has 0 saturated carbocycles. The molecule has 0 spiro atoms. The summed E-state index contributed by atoms with van der Waals surface area (Å²) >= 11 is 0. The fraction of sp³-hybridized carbons (Fsp3) is 0.543. The number of carboxylic acids is 1. The molecule has 2 N–H and O–H groups in total. The number of hydrogen-bond donors (Lipinski definition) is 2. The van der Waals surface area contributed by atoms with Gasteiger partial charge in [0.2, 0.25) is 0 Å². The van der Waals surface area contributed by atoms with Crippen LogP contribution in [0.1, 0.15) is 86.7 Å². The highest BCUT2D eigenvalue weighted by atomic mass is 19.3. The van der Waals surface area contributed by atoms with Gasteiger partial charge in [-0.2, -0.15) is 0 Å². The van der Waals surface area contributed by atoms with Gasteiger partial charge in [-0.05, 0) is 85.9 Å². The number of pyridine rings is 1. The number of methoxy groups -OCH3 is 1. The number of aromatic nitrogens is 1. The highest BCUT2D eigenvalue weighted by Crippen LogP contribution is 2.39. The number of hydrogen-bond acceptors (Lipinski definition) is 6. The molecule has 0 radical (unpaired) electrons. The Morgan fingerprint density at radius 3 is 2.80 bits per heavy atom. The highest BCUT2D eigenvalue weighted by Gasteiger charge is 2.40. The van der Waals surface area contributed by atoms with Crippen LogP contribution in [0.4, 0.5) is 19.0 Å². The van der Waals surface area contributed by atoms with E-state index in [0.717, 1.165) is 62.7 Å². The fourth-order valence-electron chi connectivity index (χ4n) is 6.82. The zero-order valence-corrected chi connectivity index (χ0v) is 26.5. The van der Waals surface area contributed by atoms with Crippen molar-refractivity contribution in [3.63, 3.8) is 0 Å². The number of nitrogens with one attached hydrogen (secondary N) is 1. The number of anilines is 1. The van der Waals surface area contributed by atoms with Crippen LogP contribution in [0.3, 0.4) is 0 Å². The maximum absolute atomic E-state index is 15.1. The number of alkyl halides is 2. The number of ether oxygens (including phenoxy) is 1. The zero-order chi connectivity index (χ0) is 32.1. The average molecular weight is 627 g/mol. The molecule has 7 nitrogen and oxygen atoms in total. The van der Waals surface area contributed by atoms with Crippen LogP contribution in [0.5, 0.6) is 5.75 Å². The summed E-state index contributed by atoms with van der Waals surface area (Å²) in [7, 11) is 1.34. The van der Waals surface area contributed by atoms with E-state index in [2.05, 4.69) is 22.3 Å². The van der Waals surface area contributed by atoms with Gasteiger partial charge in [-0.15, -0.1) is 0 Å². The molecule has 5 rings (SSSR count). The second-order valence-corrected chi connectivity index (χ2v) is 12.8. The van der Waals surface area contributed by atoms with Crippen molar-refractivity contribution in [2.45, 2.75) is 89.1 Å². The van der Waals surface area contributed by atoms with Crippen molar-refractivity contribution in [2.24, 2.45) is 0 Å². The molecular weight excluding hydrogens is 581 g/mol. The Labute approximate surface area is 264 Å². The van der Waals surface area contributed by atoms with Gasteiger partial charge >= 0.3 is 5.97 Å². The number of likely N-dealkylation sites (tertiary alicyclic amines) is 1. The molecule has 0 amide bonds. The third-order valence-corrected chi connectivity index (χ3v) is 9.19. The van der Waals surface area contributed by atoms with Gasteiger partial charge in [-0.3, -0.25) is 9.69 Å². The van der Waals surface area contributed by atoms with Crippen LogP contribution in [0.25, 0.3) is 0 Å². The largest absolute Gasteiger partial charge is 0.493 e. The maximum Gasteiger partial charge on any atom is 0.325 e. The highest BCUT2D eigenvalue weighted by molar-refractivity contribution is 5.77. The fourth-order valence-corrected chi connectivity index (χ4v) is 6.82. The van der Waals surface area contributed by atoms with Gasteiger partial charge in [0.25, 0.3) is 5.92 Å². The molecule has 1 aromatic carbocycles. The summed E-state index contributed by atoms with van der Waals surface area (Å²) in [4.78, 5) is 21.3. The molecule has 1 fully saturated rings. The summed E-state index contributed by atoms with van der Waals surface area (Å²) in [6.07, 6.45) is 10.0. The number of aliphatic carboxylic acids is 1. The second kappa shape index (κ2) is 14.3.